The van der Waals surface area contributed by atoms with E-state index in [-0.39, 0.29) is 22.8 Å². The van der Waals surface area contributed by atoms with E-state index in [1.54, 1.807) is 25.2 Å². The van der Waals surface area contributed by atoms with Crippen molar-refractivity contribution < 1.29 is 23.1 Å². The Balaban J connectivity index is 2.10. The molecule has 2 aromatic carbocycles. The second-order valence-corrected chi connectivity index (χ2v) is 7.71. The Bertz CT molecular complexity index is 1100. The number of hydroxylamine groups is 1. The van der Waals surface area contributed by atoms with Gasteiger partial charge in [-0.2, -0.15) is 0 Å². The Hall–Kier alpha value is -3.37. The van der Waals surface area contributed by atoms with Crippen molar-refractivity contribution in [2.24, 2.45) is 0 Å². The molecule has 3 N–H and O–H groups in total. The van der Waals surface area contributed by atoms with E-state index in [4.69, 9.17) is 15.0 Å². The van der Waals surface area contributed by atoms with Crippen LogP contribution in [-0.2, 0) is 9.63 Å². The molecule has 0 unspecified atom stereocenters. The summed E-state index contributed by atoms with van der Waals surface area (Å²) in [7, 11) is 2.95. The topological polar surface area (TPSA) is 86.7 Å². The van der Waals surface area contributed by atoms with Crippen LogP contribution in [0, 0.1) is 17.0 Å². The molecule has 0 saturated carbocycles. The largest absolute Gasteiger partial charge is 0.454 e. The molecule has 0 fully saturated rings. The minimum Gasteiger partial charge on any atom is -0.454 e. The monoisotopic (exact) mass is 460 g/mol. The molecule has 3 rings (SSSR count). The molecule has 0 saturated heterocycles. The van der Waals surface area contributed by atoms with Crippen molar-refractivity contribution in [3.8, 4) is 11.5 Å². The highest BCUT2D eigenvalue weighted by Crippen LogP contribution is 2.37. The number of amides is 1. The average Bonchev–Trinajstić information content (AvgIpc) is 2.77. The summed E-state index contributed by atoms with van der Waals surface area (Å²) in [6, 6.07) is 8.13. The van der Waals surface area contributed by atoms with Gasteiger partial charge in [0.2, 0.25) is 0 Å². The summed E-state index contributed by atoms with van der Waals surface area (Å²) in [5.74, 6) is -1.08. The van der Waals surface area contributed by atoms with Crippen LogP contribution in [0.5, 0.6) is 11.5 Å². The lowest BCUT2D eigenvalue weighted by Crippen LogP contribution is -2.33. The van der Waals surface area contributed by atoms with Gasteiger partial charge in [0.1, 0.15) is 11.6 Å². The lowest BCUT2D eigenvalue weighted by atomic mass is 9.92. The minimum absolute atomic E-state index is 0.0672. The number of halogens is 2. The predicted octanol–water partition coefficient (Wildman–Crippen LogP) is 4.70. The fourth-order valence-electron chi connectivity index (χ4n) is 2.94. The van der Waals surface area contributed by atoms with Gasteiger partial charge in [-0.1, -0.05) is 18.9 Å². The number of benzene rings is 2. The van der Waals surface area contributed by atoms with Gasteiger partial charge < -0.3 is 14.4 Å². The summed E-state index contributed by atoms with van der Waals surface area (Å²) in [5.41, 5.74) is 4.03. The highest BCUT2D eigenvalue weighted by atomic mass is 32.2. The van der Waals surface area contributed by atoms with Gasteiger partial charge in [-0.15, -0.1) is 0 Å². The molecular weight excluding hydrogens is 438 g/mol. The number of ether oxygens (including phenoxy) is 1. The van der Waals surface area contributed by atoms with E-state index in [9.17, 15) is 13.6 Å². The third-order valence-electron chi connectivity index (χ3n) is 4.45. The third kappa shape index (κ3) is 5.09. The molecule has 0 bridgehead atoms. The number of rotatable bonds is 8. The number of carbonyl (C=O) groups excluding carboxylic acids is 1. The lowest BCUT2D eigenvalue weighted by Gasteiger charge is -2.25. The van der Waals surface area contributed by atoms with E-state index in [1.807, 2.05) is 6.92 Å². The molecular formula is C22H22F2N4O3S. The maximum atomic E-state index is 14.2. The predicted molar refractivity (Wildman–Crippen MR) is 121 cm³/mol. The molecule has 168 valence electrons. The number of nitrogens with zero attached hydrogens (tertiary/aromatic N) is 1. The summed E-state index contributed by atoms with van der Waals surface area (Å²) < 4.78 is 36.5. The number of anilines is 1. The quantitative estimate of drug-likeness (QED) is 0.301. The molecule has 1 aliphatic heterocycles. The van der Waals surface area contributed by atoms with Crippen molar-refractivity contribution in [1.29, 1.82) is 5.41 Å². The molecule has 0 aromatic heterocycles. The summed E-state index contributed by atoms with van der Waals surface area (Å²) in [6.45, 7) is 1.99. The van der Waals surface area contributed by atoms with Crippen LogP contribution < -0.4 is 14.9 Å². The van der Waals surface area contributed by atoms with Crippen molar-refractivity contribution >= 4 is 34.8 Å². The Morgan fingerprint density at radius 1 is 1.19 bits per heavy atom. The van der Waals surface area contributed by atoms with Crippen molar-refractivity contribution in [1.82, 2.24) is 10.4 Å². The normalized spacial score (nSPS) is 15.1. The lowest BCUT2D eigenvalue weighted by molar-refractivity contribution is -0.123. The molecule has 7 nitrogen and oxygen atoms in total. The molecule has 10 heteroatoms. The Kier molecular flexibility index (Phi) is 7.49. The molecule has 0 spiro atoms. The van der Waals surface area contributed by atoms with E-state index in [2.05, 4.69) is 10.2 Å². The van der Waals surface area contributed by atoms with Crippen molar-refractivity contribution in [3.63, 3.8) is 0 Å². The van der Waals surface area contributed by atoms with Crippen molar-refractivity contribution in [2.75, 3.05) is 24.6 Å². The van der Waals surface area contributed by atoms with Gasteiger partial charge in [-0.05, 0) is 30.3 Å². The Labute approximate surface area is 188 Å². The molecule has 32 heavy (non-hydrogen) atoms. The number of hydrogen-bond donors (Lipinski definition) is 3. The highest BCUT2D eigenvalue weighted by Gasteiger charge is 2.29. The maximum Gasteiger partial charge on any atom is 0.261 e. The van der Waals surface area contributed by atoms with Gasteiger partial charge in [-0.3, -0.25) is 20.5 Å². The number of hydrogen-bond acceptors (Lipinski definition) is 7. The summed E-state index contributed by atoms with van der Waals surface area (Å²) in [5, 5.41) is 8.61. The SMILES string of the molecule is CCSNc1ccc(Oc2ccc(F)cc2F)c(C2=CN(C)C(=O)/C(=C/NOC)C2=N)c1. The van der Waals surface area contributed by atoms with Crippen LogP contribution in [-0.4, -0.2) is 36.4 Å². The first-order valence-electron chi connectivity index (χ1n) is 9.57. The van der Waals surface area contributed by atoms with Gasteiger partial charge in [-0.25, -0.2) is 8.78 Å². The van der Waals surface area contributed by atoms with Crippen molar-refractivity contribution in [3.05, 3.63) is 71.6 Å². The average molecular weight is 461 g/mol. The molecule has 1 heterocycles. The van der Waals surface area contributed by atoms with E-state index < -0.39 is 17.5 Å². The number of likely N-dealkylation sites (N-methyl/N-ethyl adjacent to an activating group) is 1. The fourth-order valence-corrected chi connectivity index (χ4v) is 3.38. The minimum atomic E-state index is -0.857. The maximum absolute atomic E-state index is 14.2. The summed E-state index contributed by atoms with van der Waals surface area (Å²) in [6.07, 6.45) is 2.80. The van der Waals surface area contributed by atoms with Crippen LogP contribution in [0.2, 0.25) is 0 Å². The van der Waals surface area contributed by atoms with E-state index in [0.717, 1.165) is 23.6 Å². The third-order valence-corrected chi connectivity index (χ3v) is 5.12. The molecule has 2 aromatic rings. The molecule has 1 aliphatic rings. The smallest absolute Gasteiger partial charge is 0.261 e. The zero-order chi connectivity index (χ0) is 23.3. The first-order chi connectivity index (χ1) is 15.3. The second-order valence-electron chi connectivity index (χ2n) is 6.64. The fraction of sp³-hybridized carbons (Fsp3) is 0.182. The van der Waals surface area contributed by atoms with Crippen LogP contribution in [0.1, 0.15) is 12.5 Å². The standard InChI is InChI=1S/C22H22F2N4O3S/c1-4-32-27-14-6-8-19(31-20-7-5-13(23)9-18(20)24)15(10-14)17-12-28(2)22(29)16(21(17)25)11-26-30-3/h5-12,25-27H,4H2,1-3H3/b16-11+,25-21?. The van der Waals surface area contributed by atoms with Gasteiger partial charge in [0.15, 0.2) is 11.6 Å². The zero-order valence-electron chi connectivity index (χ0n) is 17.7. The number of nitrogens with one attached hydrogen (secondary N) is 3. The molecule has 0 atom stereocenters. The number of carbonyl (C=O) groups is 1. The van der Waals surface area contributed by atoms with Gasteiger partial charge in [0.05, 0.1) is 18.4 Å². The second kappa shape index (κ2) is 10.3. The van der Waals surface area contributed by atoms with E-state index in [1.165, 1.54) is 42.4 Å². The van der Waals surface area contributed by atoms with E-state index in [0.29, 0.717) is 11.1 Å². The van der Waals surface area contributed by atoms with Crippen LogP contribution >= 0.6 is 11.9 Å². The summed E-state index contributed by atoms with van der Waals surface area (Å²) >= 11 is 1.48. The molecule has 1 amide bonds. The Morgan fingerprint density at radius 2 is 1.94 bits per heavy atom. The van der Waals surface area contributed by atoms with Gasteiger partial charge >= 0.3 is 0 Å². The molecule has 0 aliphatic carbocycles. The molecule has 0 radical (unpaired) electrons. The Morgan fingerprint density at radius 3 is 2.62 bits per heavy atom. The van der Waals surface area contributed by atoms with E-state index >= 15 is 0 Å². The first-order valence-corrected chi connectivity index (χ1v) is 10.6. The highest BCUT2D eigenvalue weighted by molar-refractivity contribution is 8.00. The van der Waals surface area contributed by atoms with Gasteiger partial charge in [0.25, 0.3) is 5.91 Å². The van der Waals surface area contributed by atoms with Crippen LogP contribution in [0.3, 0.4) is 0 Å². The zero-order valence-corrected chi connectivity index (χ0v) is 18.5. The number of allylic oxidation sites excluding steroid dienone is 1. The summed E-state index contributed by atoms with van der Waals surface area (Å²) in [4.78, 5) is 18.6. The first kappa shape index (κ1) is 23.3. The van der Waals surface area contributed by atoms with Gasteiger partial charge in [0, 0.05) is 48.1 Å². The van der Waals surface area contributed by atoms with Crippen LogP contribution in [0.4, 0.5) is 14.5 Å². The van der Waals surface area contributed by atoms with Crippen molar-refractivity contribution in [2.45, 2.75) is 6.92 Å². The van der Waals surface area contributed by atoms with Crippen LogP contribution in [0.15, 0.2) is 54.4 Å². The van der Waals surface area contributed by atoms with Crippen LogP contribution in [0.25, 0.3) is 5.57 Å².